The Morgan fingerprint density at radius 2 is 1.41 bits per heavy atom. The number of benzene rings is 4. The standard InChI is InChI=1S/C20H14N2O3S.Na/c23-26(24,25)18-11-9-15-12-17(10-8-16(15)13-18)21-22-20-7-3-5-14-4-1-2-6-19(14)20;/h1-13H,(H,23,24,25);. The maximum Gasteiger partial charge on any atom is 0.294 e. The maximum absolute atomic E-state index is 11.2. The molecule has 7 heteroatoms. The van der Waals surface area contributed by atoms with Gasteiger partial charge in [-0.2, -0.15) is 13.5 Å². The van der Waals surface area contributed by atoms with Gasteiger partial charge in [0.25, 0.3) is 10.1 Å². The Kier molecular flexibility index (Phi) is 5.74. The number of fused-ring (bicyclic) bond motifs is 2. The summed E-state index contributed by atoms with van der Waals surface area (Å²) in [5.41, 5.74) is 1.44. The number of azo groups is 1. The number of hydrogen-bond acceptors (Lipinski definition) is 4. The molecule has 4 rings (SSSR count). The summed E-state index contributed by atoms with van der Waals surface area (Å²) in [6, 6.07) is 23.6. The molecule has 0 aliphatic carbocycles. The van der Waals surface area contributed by atoms with Crippen molar-refractivity contribution in [1.29, 1.82) is 0 Å². The van der Waals surface area contributed by atoms with E-state index in [1.165, 1.54) is 12.1 Å². The van der Waals surface area contributed by atoms with Crippen molar-refractivity contribution in [2.24, 2.45) is 10.2 Å². The Labute approximate surface area is 178 Å². The smallest absolute Gasteiger partial charge is 0.282 e. The maximum atomic E-state index is 11.2. The van der Waals surface area contributed by atoms with Crippen LogP contribution in [0.1, 0.15) is 0 Å². The van der Waals surface area contributed by atoms with Crippen molar-refractivity contribution < 1.29 is 13.0 Å². The number of rotatable bonds is 3. The van der Waals surface area contributed by atoms with Crippen molar-refractivity contribution >= 4 is 72.6 Å². The largest absolute Gasteiger partial charge is 0.294 e. The molecule has 4 aromatic rings. The minimum absolute atomic E-state index is 0. The van der Waals surface area contributed by atoms with Crippen LogP contribution in [0, 0.1) is 0 Å². The molecule has 1 radical (unpaired) electrons. The Morgan fingerprint density at radius 1 is 0.704 bits per heavy atom. The van der Waals surface area contributed by atoms with Crippen LogP contribution in [0.3, 0.4) is 0 Å². The Bertz CT molecular complexity index is 1270. The molecule has 0 fully saturated rings. The molecule has 5 nitrogen and oxygen atoms in total. The van der Waals surface area contributed by atoms with Crippen LogP contribution in [0.25, 0.3) is 21.5 Å². The van der Waals surface area contributed by atoms with Crippen LogP contribution in [-0.2, 0) is 10.1 Å². The average Bonchev–Trinajstić information content (AvgIpc) is 2.65. The Hall–Kier alpha value is -2.09. The second kappa shape index (κ2) is 7.88. The summed E-state index contributed by atoms with van der Waals surface area (Å²) in [6.45, 7) is 0. The molecule has 0 saturated carbocycles. The molecule has 129 valence electrons. The fourth-order valence-corrected chi connectivity index (χ4v) is 3.36. The van der Waals surface area contributed by atoms with Gasteiger partial charge in [-0.05, 0) is 46.5 Å². The van der Waals surface area contributed by atoms with E-state index in [-0.39, 0.29) is 34.5 Å². The van der Waals surface area contributed by atoms with E-state index >= 15 is 0 Å². The summed E-state index contributed by atoms with van der Waals surface area (Å²) in [5.74, 6) is 0. The van der Waals surface area contributed by atoms with Crippen molar-refractivity contribution in [3.8, 4) is 0 Å². The summed E-state index contributed by atoms with van der Waals surface area (Å²) in [7, 11) is -4.21. The van der Waals surface area contributed by atoms with Crippen LogP contribution < -0.4 is 0 Å². The molecule has 4 aromatic carbocycles. The van der Waals surface area contributed by atoms with Gasteiger partial charge in [-0.25, -0.2) is 0 Å². The molecular weight excluding hydrogens is 371 g/mol. The van der Waals surface area contributed by atoms with Crippen molar-refractivity contribution in [3.63, 3.8) is 0 Å². The van der Waals surface area contributed by atoms with Gasteiger partial charge in [0.05, 0.1) is 16.3 Å². The number of hydrogen-bond donors (Lipinski definition) is 1. The first-order valence-corrected chi connectivity index (χ1v) is 9.35. The van der Waals surface area contributed by atoms with Crippen molar-refractivity contribution in [2.75, 3.05) is 0 Å². The van der Waals surface area contributed by atoms with E-state index in [4.69, 9.17) is 4.55 Å². The quantitative estimate of drug-likeness (QED) is 0.296. The van der Waals surface area contributed by atoms with Crippen LogP contribution in [-0.4, -0.2) is 42.5 Å². The van der Waals surface area contributed by atoms with Crippen LogP contribution in [0.5, 0.6) is 0 Å². The molecule has 0 spiro atoms. The summed E-state index contributed by atoms with van der Waals surface area (Å²) in [6.07, 6.45) is 0. The predicted molar refractivity (Wildman–Crippen MR) is 108 cm³/mol. The summed E-state index contributed by atoms with van der Waals surface area (Å²) in [4.78, 5) is -0.130. The van der Waals surface area contributed by atoms with Gasteiger partial charge in [0, 0.05) is 34.9 Å². The van der Waals surface area contributed by atoms with Crippen molar-refractivity contribution in [2.45, 2.75) is 4.90 Å². The van der Waals surface area contributed by atoms with Gasteiger partial charge in [-0.3, -0.25) is 4.55 Å². The summed E-state index contributed by atoms with van der Waals surface area (Å²) < 4.78 is 31.6. The van der Waals surface area contributed by atoms with Gasteiger partial charge in [-0.15, -0.1) is 5.11 Å². The molecule has 0 atom stereocenters. The minimum Gasteiger partial charge on any atom is -0.282 e. The molecule has 0 amide bonds. The topological polar surface area (TPSA) is 79.1 Å². The molecule has 0 aromatic heterocycles. The van der Waals surface area contributed by atoms with E-state index in [1.54, 1.807) is 18.2 Å². The summed E-state index contributed by atoms with van der Waals surface area (Å²) in [5, 5.41) is 12.3. The first-order chi connectivity index (χ1) is 12.5. The zero-order chi connectivity index (χ0) is 18.1. The van der Waals surface area contributed by atoms with E-state index in [0.717, 1.165) is 21.8 Å². The molecule has 0 saturated heterocycles. The van der Waals surface area contributed by atoms with Gasteiger partial charge in [0.1, 0.15) is 0 Å². The van der Waals surface area contributed by atoms with Crippen molar-refractivity contribution in [1.82, 2.24) is 0 Å². The number of nitrogens with zero attached hydrogens (tertiary/aromatic N) is 2. The van der Waals surface area contributed by atoms with E-state index in [0.29, 0.717) is 11.1 Å². The first-order valence-electron chi connectivity index (χ1n) is 7.91. The van der Waals surface area contributed by atoms with Gasteiger partial charge in [0.15, 0.2) is 0 Å². The van der Waals surface area contributed by atoms with E-state index in [1.807, 2.05) is 48.5 Å². The SMILES string of the molecule is O=S(=O)(O)c1ccc2cc(N=Nc3cccc4ccccc34)ccc2c1.[Na]. The van der Waals surface area contributed by atoms with Crippen LogP contribution in [0.2, 0.25) is 0 Å². The average molecular weight is 385 g/mol. The normalized spacial score (nSPS) is 11.7. The monoisotopic (exact) mass is 385 g/mol. The third-order valence-corrected chi connectivity index (χ3v) is 4.98. The summed E-state index contributed by atoms with van der Waals surface area (Å²) >= 11 is 0. The fourth-order valence-electron chi connectivity index (χ4n) is 2.84. The van der Waals surface area contributed by atoms with Crippen LogP contribution in [0.4, 0.5) is 11.4 Å². The second-order valence-electron chi connectivity index (χ2n) is 5.87. The zero-order valence-electron chi connectivity index (χ0n) is 14.6. The van der Waals surface area contributed by atoms with Crippen LogP contribution in [0.15, 0.2) is 94.0 Å². The molecule has 0 aliphatic rings. The van der Waals surface area contributed by atoms with E-state index < -0.39 is 10.1 Å². The van der Waals surface area contributed by atoms with Crippen molar-refractivity contribution in [3.05, 3.63) is 78.9 Å². The van der Waals surface area contributed by atoms with Crippen LogP contribution >= 0.6 is 0 Å². The van der Waals surface area contributed by atoms with E-state index in [2.05, 4.69) is 10.2 Å². The minimum atomic E-state index is -4.21. The Morgan fingerprint density at radius 3 is 2.22 bits per heavy atom. The molecule has 0 aliphatic heterocycles. The molecule has 0 unspecified atom stereocenters. The third kappa shape index (κ3) is 4.26. The molecule has 0 heterocycles. The Balaban J connectivity index is 0.00000210. The molecule has 1 N–H and O–H groups in total. The van der Waals surface area contributed by atoms with Gasteiger partial charge >= 0.3 is 0 Å². The van der Waals surface area contributed by atoms with E-state index in [9.17, 15) is 8.42 Å². The molecule has 27 heavy (non-hydrogen) atoms. The fraction of sp³-hybridized carbons (Fsp3) is 0. The van der Waals surface area contributed by atoms with Gasteiger partial charge in [-0.1, -0.05) is 48.5 Å². The zero-order valence-corrected chi connectivity index (χ0v) is 17.4. The first kappa shape index (κ1) is 19.7. The van der Waals surface area contributed by atoms with Gasteiger partial charge in [0.2, 0.25) is 0 Å². The molecule has 0 bridgehead atoms. The second-order valence-corrected chi connectivity index (χ2v) is 7.29. The van der Waals surface area contributed by atoms with Gasteiger partial charge < -0.3 is 0 Å². The molecular formula is C20H14N2NaO3S. The third-order valence-electron chi connectivity index (χ3n) is 4.13. The predicted octanol–water partition coefficient (Wildman–Crippen LogP) is 5.27.